The van der Waals surface area contributed by atoms with Crippen LogP contribution in [-0.2, 0) is 9.59 Å². The van der Waals surface area contributed by atoms with Crippen molar-refractivity contribution in [1.29, 1.82) is 0 Å². The second kappa shape index (κ2) is 6.79. The zero-order chi connectivity index (χ0) is 19.0. The number of hydrogen-bond donors (Lipinski definition) is 1. The number of nitrogens with zero attached hydrogens (tertiary/aromatic N) is 2. The van der Waals surface area contributed by atoms with Crippen molar-refractivity contribution in [3.8, 4) is 0 Å². The Labute approximate surface area is 156 Å². The Bertz CT molecular complexity index is 965. The molecule has 0 saturated heterocycles. The summed E-state index contributed by atoms with van der Waals surface area (Å²) >= 11 is 0. The summed E-state index contributed by atoms with van der Waals surface area (Å²) in [5, 5.41) is 9.26. The minimum absolute atomic E-state index is 0.0601. The summed E-state index contributed by atoms with van der Waals surface area (Å²) in [5.74, 6) is -1.40. The first-order valence-corrected chi connectivity index (χ1v) is 8.88. The van der Waals surface area contributed by atoms with Gasteiger partial charge in [-0.3, -0.25) is 19.5 Å². The highest BCUT2D eigenvalue weighted by Gasteiger charge is 2.39. The van der Waals surface area contributed by atoms with Crippen LogP contribution in [-0.4, -0.2) is 27.8 Å². The molecule has 136 valence electrons. The topological polar surface area (TPSA) is 87.6 Å². The maximum Gasteiger partial charge on any atom is 0.335 e. The zero-order valence-corrected chi connectivity index (χ0v) is 14.6. The molecule has 1 aromatic heterocycles. The Morgan fingerprint density at radius 1 is 1.11 bits per heavy atom. The first-order valence-electron chi connectivity index (χ1n) is 8.88. The lowest BCUT2D eigenvalue weighted by Gasteiger charge is -2.38. The van der Waals surface area contributed by atoms with E-state index in [-0.39, 0.29) is 29.6 Å². The molecule has 6 nitrogen and oxygen atoms in total. The molecule has 0 saturated carbocycles. The minimum atomic E-state index is -1.05. The van der Waals surface area contributed by atoms with Crippen LogP contribution >= 0.6 is 0 Å². The van der Waals surface area contributed by atoms with Gasteiger partial charge in [0.05, 0.1) is 5.56 Å². The third kappa shape index (κ3) is 3.03. The van der Waals surface area contributed by atoms with Gasteiger partial charge >= 0.3 is 5.97 Å². The number of ketones is 1. The van der Waals surface area contributed by atoms with Gasteiger partial charge in [0.2, 0.25) is 5.91 Å². The van der Waals surface area contributed by atoms with Crippen LogP contribution in [0.25, 0.3) is 0 Å². The third-order valence-electron chi connectivity index (χ3n) is 5.14. The summed E-state index contributed by atoms with van der Waals surface area (Å²) in [6.45, 7) is 0. The second-order valence-electron chi connectivity index (χ2n) is 6.76. The van der Waals surface area contributed by atoms with Crippen molar-refractivity contribution in [2.24, 2.45) is 0 Å². The molecule has 1 amide bonds. The number of carboxylic acid groups (broad SMARTS) is 1. The third-order valence-corrected chi connectivity index (χ3v) is 5.14. The summed E-state index contributed by atoms with van der Waals surface area (Å²) in [5.41, 5.74) is 2.88. The Morgan fingerprint density at radius 3 is 2.63 bits per heavy atom. The molecule has 1 aromatic carbocycles. The Morgan fingerprint density at radius 2 is 1.89 bits per heavy atom. The van der Waals surface area contributed by atoms with Crippen LogP contribution in [0.15, 0.2) is 60.1 Å². The van der Waals surface area contributed by atoms with E-state index >= 15 is 0 Å². The lowest BCUT2D eigenvalue weighted by atomic mass is 9.77. The molecule has 2 aliphatic rings. The second-order valence-corrected chi connectivity index (χ2v) is 6.76. The number of aromatic carboxylic acids is 1. The van der Waals surface area contributed by atoms with Gasteiger partial charge in [-0.15, -0.1) is 0 Å². The van der Waals surface area contributed by atoms with Crippen molar-refractivity contribution in [3.05, 3.63) is 71.2 Å². The quantitative estimate of drug-likeness (QED) is 0.905. The van der Waals surface area contributed by atoms with Crippen molar-refractivity contribution in [3.63, 3.8) is 0 Å². The van der Waals surface area contributed by atoms with Crippen LogP contribution in [0.5, 0.6) is 0 Å². The number of amides is 1. The molecule has 0 bridgehead atoms. The number of anilines is 1. The van der Waals surface area contributed by atoms with Crippen molar-refractivity contribution in [2.45, 2.75) is 31.6 Å². The number of Topliss-reactive ketones (excluding diaryl/α,β-unsaturated/α-hetero) is 1. The van der Waals surface area contributed by atoms with E-state index in [1.54, 1.807) is 24.5 Å². The van der Waals surface area contributed by atoms with Crippen LogP contribution in [0.3, 0.4) is 0 Å². The van der Waals surface area contributed by atoms with Crippen LogP contribution in [0.4, 0.5) is 5.69 Å². The average molecular weight is 362 g/mol. The molecule has 0 radical (unpaired) electrons. The van der Waals surface area contributed by atoms with Crippen molar-refractivity contribution in [2.75, 3.05) is 4.90 Å². The number of aromatic nitrogens is 1. The molecule has 4 rings (SSSR count). The van der Waals surface area contributed by atoms with Gasteiger partial charge in [-0.1, -0.05) is 6.07 Å². The van der Waals surface area contributed by atoms with E-state index < -0.39 is 5.97 Å². The molecule has 2 aromatic rings. The molecule has 1 unspecified atom stereocenters. The van der Waals surface area contributed by atoms with Crippen LogP contribution < -0.4 is 4.90 Å². The summed E-state index contributed by atoms with van der Waals surface area (Å²) in [4.78, 5) is 42.7. The fourth-order valence-electron chi connectivity index (χ4n) is 3.95. The normalized spacial score (nSPS) is 19.9. The standard InChI is InChI=1S/C21H18N2O4/c24-18-6-2-5-17-20(18)16(13-7-9-22-10-8-13)12-19(25)23(17)15-4-1-3-14(11-15)21(26)27/h1,3-4,7-11,16H,2,5-6,12H2,(H,26,27). The summed E-state index contributed by atoms with van der Waals surface area (Å²) < 4.78 is 0. The summed E-state index contributed by atoms with van der Waals surface area (Å²) in [6.07, 6.45) is 5.27. The number of rotatable bonds is 3. The van der Waals surface area contributed by atoms with Gasteiger partial charge in [-0.2, -0.15) is 0 Å². The van der Waals surface area contributed by atoms with E-state index in [1.165, 1.54) is 17.0 Å². The molecular weight excluding hydrogens is 344 g/mol. The first-order chi connectivity index (χ1) is 13.1. The Hall–Kier alpha value is -3.28. The van der Waals surface area contributed by atoms with E-state index in [1.807, 2.05) is 12.1 Å². The lowest BCUT2D eigenvalue weighted by molar-refractivity contribution is -0.119. The molecule has 27 heavy (non-hydrogen) atoms. The molecule has 0 fully saturated rings. The number of carbonyl (C=O) groups is 3. The van der Waals surface area contributed by atoms with Crippen LogP contribution in [0, 0.1) is 0 Å². The van der Waals surface area contributed by atoms with Gasteiger partial charge in [0.15, 0.2) is 5.78 Å². The van der Waals surface area contributed by atoms with E-state index in [0.717, 1.165) is 5.56 Å². The van der Waals surface area contributed by atoms with Gasteiger partial charge in [0.1, 0.15) is 0 Å². The smallest absolute Gasteiger partial charge is 0.335 e. The Balaban J connectivity index is 1.86. The van der Waals surface area contributed by atoms with Crippen molar-refractivity contribution in [1.82, 2.24) is 4.98 Å². The molecule has 6 heteroatoms. The highest BCUT2D eigenvalue weighted by molar-refractivity contribution is 6.07. The minimum Gasteiger partial charge on any atom is -0.478 e. The van der Waals surface area contributed by atoms with E-state index in [0.29, 0.717) is 36.2 Å². The number of allylic oxidation sites excluding steroid dienone is 2. The molecule has 1 aliphatic heterocycles. The number of carbonyl (C=O) groups excluding carboxylic acids is 2. The number of pyridine rings is 1. The van der Waals surface area contributed by atoms with Crippen LogP contribution in [0.1, 0.15) is 47.5 Å². The molecule has 1 atom stereocenters. The number of hydrogen-bond acceptors (Lipinski definition) is 4. The average Bonchev–Trinajstić information content (AvgIpc) is 2.68. The van der Waals surface area contributed by atoms with Gasteiger partial charge in [0.25, 0.3) is 0 Å². The molecule has 0 spiro atoms. The fraction of sp³-hybridized carbons (Fsp3) is 0.238. The SMILES string of the molecule is O=C1CCCC2=C1C(c1ccncc1)CC(=O)N2c1cccc(C(=O)O)c1. The fourth-order valence-corrected chi connectivity index (χ4v) is 3.95. The highest BCUT2D eigenvalue weighted by Crippen LogP contribution is 2.43. The maximum absolute atomic E-state index is 13.0. The van der Waals surface area contributed by atoms with E-state index in [9.17, 15) is 19.5 Å². The van der Waals surface area contributed by atoms with Gasteiger partial charge in [-0.05, 0) is 48.7 Å². The first kappa shape index (κ1) is 17.1. The monoisotopic (exact) mass is 362 g/mol. The van der Waals surface area contributed by atoms with Crippen molar-refractivity contribution >= 4 is 23.3 Å². The largest absolute Gasteiger partial charge is 0.478 e. The van der Waals surface area contributed by atoms with Crippen molar-refractivity contribution < 1.29 is 19.5 Å². The summed E-state index contributed by atoms with van der Waals surface area (Å²) in [6, 6.07) is 9.97. The highest BCUT2D eigenvalue weighted by atomic mass is 16.4. The van der Waals surface area contributed by atoms with Gasteiger partial charge < -0.3 is 5.11 Å². The van der Waals surface area contributed by atoms with Gasteiger partial charge in [0, 0.05) is 48.1 Å². The van der Waals surface area contributed by atoms with E-state index in [4.69, 9.17) is 0 Å². The summed E-state index contributed by atoms with van der Waals surface area (Å²) in [7, 11) is 0. The Kier molecular flexibility index (Phi) is 4.32. The predicted octanol–water partition coefficient (Wildman–Crippen LogP) is 3.31. The van der Waals surface area contributed by atoms with Crippen LogP contribution in [0.2, 0.25) is 0 Å². The molecule has 1 N–H and O–H groups in total. The number of benzene rings is 1. The maximum atomic E-state index is 13.0. The number of carboxylic acids is 1. The van der Waals surface area contributed by atoms with Gasteiger partial charge in [-0.25, -0.2) is 4.79 Å². The zero-order valence-electron chi connectivity index (χ0n) is 14.6. The predicted molar refractivity (Wildman–Crippen MR) is 98.4 cm³/mol. The lowest BCUT2D eigenvalue weighted by Crippen LogP contribution is -2.40. The molecule has 2 heterocycles. The molecule has 1 aliphatic carbocycles. The van der Waals surface area contributed by atoms with E-state index in [2.05, 4.69) is 4.98 Å². The molecular formula is C21H18N2O4.